The van der Waals surface area contributed by atoms with E-state index in [0.717, 1.165) is 24.0 Å². The standard InChI is InChI=1S/C23H30N2O3S/c1-18-10-9-15-22(19(18)2)25(29(27,28)21-13-7-4-8-14-21)17-23(26)24-16-20-11-5-3-6-12-20/h4,7-10,13-15,20H,3,5-6,11-12,16-17H2,1-2H3,(H,24,26). The first-order valence-corrected chi connectivity index (χ1v) is 11.7. The van der Waals surface area contributed by atoms with Gasteiger partial charge in [-0.25, -0.2) is 8.42 Å². The van der Waals surface area contributed by atoms with Crippen molar-refractivity contribution in [3.8, 4) is 0 Å². The first-order chi connectivity index (χ1) is 13.9. The molecule has 0 aliphatic heterocycles. The third-order valence-corrected chi connectivity index (χ3v) is 7.55. The molecule has 2 aromatic carbocycles. The van der Waals surface area contributed by atoms with Gasteiger partial charge < -0.3 is 5.32 Å². The highest BCUT2D eigenvalue weighted by molar-refractivity contribution is 7.92. The summed E-state index contributed by atoms with van der Waals surface area (Å²) in [5.41, 5.74) is 2.38. The summed E-state index contributed by atoms with van der Waals surface area (Å²) in [6.07, 6.45) is 5.93. The third kappa shape index (κ3) is 5.18. The molecule has 1 aliphatic rings. The van der Waals surface area contributed by atoms with Crippen LogP contribution in [0.2, 0.25) is 0 Å². The molecule has 1 amide bonds. The lowest BCUT2D eigenvalue weighted by Gasteiger charge is -2.27. The molecule has 5 nitrogen and oxygen atoms in total. The highest BCUT2D eigenvalue weighted by Gasteiger charge is 2.28. The number of carbonyl (C=O) groups excluding carboxylic acids is 1. The number of hydrogen-bond donors (Lipinski definition) is 1. The molecule has 29 heavy (non-hydrogen) atoms. The molecule has 0 radical (unpaired) electrons. The predicted molar refractivity (Wildman–Crippen MR) is 116 cm³/mol. The van der Waals surface area contributed by atoms with Gasteiger partial charge in [-0.15, -0.1) is 0 Å². The predicted octanol–water partition coefficient (Wildman–Crippen LogP) is 4.20. The Morgan fingerprint density at radius 1 is 1.00 bits per heavy atom. The number of nitrogens with one attached hydrogen (secondary N) is 1. The van der Waals surface area contributed by atoms with Gasteiger partial charge in [-0.2, -0.15) is 0 Å². The van der Waals surface area contributed by atoms with Crippen LogP contribution in [0.4, 0.5) is 5.69 Å². The Balaban J connectivity index is 1.85. The van der Waals surface area contributed by atoms with Crippen molar-refractivity contribution >= 4 is 21.6 Å². The number of aryl methyl sites for hydroxylation is 1. The summed E-state index contributed by atoms with van der Waals surface area (Å²) in [6, 6.07) is 13.8. The maximum absolute atomic E-state index is 13.4. The average molecular weight is 415 g/mol. The fourth-order valence-corrected chi connectivity index (χ4v) is 5.36. The Bertz CT molecular complexity index is 936. The maximum Gasteiger partial charge on any atom is 0.264 e. The number of anilines is 1. The Morgan fingerprint density at radius 2 is 1.69 bits per heavy atom. The summed E-state index contributed by atoms with van der Waals surface area (Å²) in [4.78, 5) is 12.9. The van der Waals surface area contributed by atoms with Crippen LogP contribution in [0.3, 0.4) is 0 Å². The van der Waals surface area contributed by atoms with Gasteiger partial charge in [-0.3, -0.25) is 9.10 Å². The van der Waals surface area contributed by atoms with E-state index in [2.05, 4.69) is 5.32 Å². The fraction of sp³-hybridized carbons (Fsp3) is 0.435. The van der Waals surface area contributed by atoms with E-state index in [-0.39, 0.29) is 17.3 Å². The van der Waals surface area contributed by atoms with Crippen molar-refractivity contribution in [1.29, 1.82) is 0 Å². The van der Waals surface area contributed by atoms with E-state index in [1.165, 1.54) is 23.6 Å². The molecule has 0 spiro atoms. The van der Waals surface area contributed by atoms with Gasteiger partial charge in [0.05, 0.1) is 10.6 Å². The third-order valence-electron chi connectivity index (χ3n) is 5.78. The molecule has 0 saturated heterocycles. The Morgan fingerprint density at radius 3 is 2.38 bits per heavy atom. The minimum atomic E-state index is -3.86. The van der Waals surface area contributed by atoms with Gasteiger partial charge in [0.1, 0.15) is 6.54 Å². The zero-order valence-electron chi connectivity index (χ0n) is 17.2. The van der Waals surface area contributed by atoms with Crippen molar-refractivity contribution < 1.29 is 13.2 Å². The van der Waals surface area contributed by atoms with Crippen LogP contribution in [0.5, 0.6) is 0 Å². The maximum atomic E-state index is 13.4. The molecule has 6 heteroatoms. The van der Waals surface area contributed by atoms with Crippen LogP contribution in [-0.4, -0.2) is 27.4 Å². The van der Waals surface area contributed by atoms with Crippen LogP contribution >= 0.6 is 0 Å². The molecule has 0 aromatic heterocycles. The summed E-state index contributed by atoms with van der Waals surface area (Å²) in [7, 11) is -3.86. The molecule has 0 bridgehead atoms. The lowest BCUT2D eigenvalue weighted by Crippen LogP contribution is -2.42. The molecule has 0 heterocycles. The molecule has 0 unspecified atom stereocenters. The van der Waals surface area contributed by atoms with Crippen molar-refractivity contribution in [2.45, 2.75) is 50.8 Å². The van der Waals surface area contributed by atoms with E-state index in [1.807, 2.05) is 26.0 Å². The van der Waals surface area contributed by atoms with Gasteiger partial charge in [0.25, 0.3) is 10.0 Å². The summed E-state index contributed by atoms with van der Waals surface area (Å²) in [5.74, 6) is 0.226. The normalized spacial score (nSPS) is 15.1. The van der Waals surface area contributed by atoms with Crippen molar-refractivity contribution in [1.82, 2.24) is 5.32 Å². The van der Waals surface area contributed by atoms with Crippen LogP contribution in [0.15, 0.2) is 53.4 Å². The smallest absolute Gasteiger partial charge is 0.264 e. The van der Waals surface area contributed by atoms with Crippen molar-refractivity contribution in [2.75, 3.05) is 17.4 Å². The first-order valence-electron chi connectivity index (χ1n) is 10.3. The minimum Gasteiger partial charge on any atom is -0.354 e. The molecule has 0 atom stereocenters. The number of sulfonamides is 1. The largest absolute Gasteiger partial charge is 0.354 e. The van der Waals surface area contributed by atoms with E-state index in [4.69, 9.17) is 0 Å². The monoisotopic (exact) mass is 414 g/mol. The second kappa shape index (κ2) is 9.44. The topological polar surface area (TPSA) is 66.5 Å². The Kier molecular flexibility index (Phi) is 6.96. The molecule has 3 rings (SSSR count). The summed E-state index contributed by atoms with van der Waals surface area (Å²) >= 11 is 0. The molecular weight excluding hydrogens is 384 g/mol. The first kappa shape index (κ1) is 21.4. The number of rotatable bonds is 7. The van der Waals surface area contributed by atoms with Crippen LogP contribution in [-0.2, 0) is 14.8 Å². The SMILES string of the molecule is Cc1cccc(N(CC(=O)NCC2CCCCC2)S(=O)(=O)c2ccccc2)c1C. The van der Waals surface area contributed by atoms with Crippen molar-refractivity contribution in [2.24, 2.45) is 5.92 Å². The molecule has 156 valence electrons. The van der Waals surface area contributed by atoms with Gasteiger partial charge in [0, 0.05) is 6.54 Å². The summed E-state index contributed by atoms with van der Waals surface area (Å²) in [6.45, 7) is 4.21. The quantitative estimate of drug-likeness (QED) is 0.739. The van der Waals surface area contributed by atoms with E-state index in [1.54, 1.807) is 36.4 Å². The van der Waals surface area contributed by atoms with Crippen LogP contribution in [0.25, 0.3) is 0 Å². The molecule has 2 aromatic rings. The summed E-state index contributed by atoms with van der Waals surface area (Å²) < 4.78 is 28.0. The second-order valence-electron chi connectivity index (χ2n) is 7.85. The highest BCUT2D eigenvalue weighted by Crippen LogP contribution is 2.28. The van der Waals surface area contributed by atoms with Gasteiger partial charge >= 0.3 is 0 Å². The number of amides is 1. The molecule has 1 saturated carbocycles. The van der Waals surface area contributed by atoms with Crippen LogP contribution in [0.1, 0.15) is 43.2 Å². The summed E-state index contributed by atoms with van der Waals surface area (Å²) in [5, 5.41) is 2.97. The molecule has 1 aliphatic carbocycles. The van der Waals surface area contributed by atoms with E-state index in [9.17, 15) is 13.2 Å². The minimum absolute atomic E-state index is 0.181. The fourth-order valence-electron chi connectivity index (χ4n) is 3.86. The number of carbonyl (C=O) groups is 1. The van der Waals surface area contributed by atoms with E-state index < -0.39 is 10.0 Å². The number of nitrogens with zero attached hydrogens (tertiary/aromatic N) is 1. The van der Waals surface area contributed by atoms with Crippen LogP contribution in [0, 0.1) is 19.8 Å². The highest BCUT2D eigenvalue weighted by atomic mass is 32.2. The zero-order chi connectivity index (χ0) is 20.9. The second-order valence-corrected chi connectivity index (χ2v) is 9.71. The molecular formula is C23H30N2O3S. The Hall–Kier alpha value is -2.34. The lowest BCUT2D eigenvalue weighted by molar-refractivity contribution is -0.119. The number of benzene rings is 2. The van der Waals surface area contributed by atoms with Gasteiger partial charge in [-0.1, -0.05) is 49.6 Å². The van der Waals surface area contributed by atoms with Gasteiger partial charge in [0.2, 0.25) is 5.91 Å². The van der Waals surface area contributed by atoms with Crippen molar-refractivity contribution in [3.05, 3.63) is 59.7 Å². The molecule has 1 N–H and O–H groups in total. The van der Waals surface area contributed by atoms with Gasteiger partial charge in [0.15, 0.2) is 0 Å². The number of hydrogen-bond acceptors (Lipinski definition) is 3. The van der Waals surface area contributed by atoms with E-state index >= 15 is 0 Å². The lowest BCUT2D eigenvalue weighted by atomic mass is 9.89. The molecule has 1 fully saturated rings. The van der Waals surface area contributed by atoms with E-state index in [0.29, 0.717) is 18.2 Å². The zero-order valence-corrected chi connectivity index (χ0v) is 18.0. The average Bonchev–Trinajstić information content (AvgIpc) is 2.74. The Labute approximate surface area is 174 Å². The van der Waals surface area contributed by atoms with Gasteiger partial charge in [-0.05, 0) is 61.9 Å². The van der Waals surface area contributed by atoms with Crippen LogP contribution < -0.4 is 9.62 Å². The van der Waals surface area contributed by atoms with Crippen molar-refractivity contribution in [3.63, 3.8) is 0 Å².